The van der Waals surface area contributed by atoms with Gasteiger partial charge in [-0.25, -0.2) is 0 Å². The van der Waals surface area contributed by atoms with Crippen LogP contribution in [0.1, 0.15) is 56.6 Å². The third-order valence-electron chi connectivity index (χ3n) is 7.36. The van der Waals surface area contributed by atoms with Crippen LogP contribution >= 0.6 is 0 Å². The van der Waals surface area contributed by atoms with Crippen LogP contribution in [0.4, 0.5) is 0 Å². The highest BCUT2D eigenvalue weighted by Gasteiger charge is 2.59. The van der Waals surface area contributed by atoms with Crippen molar-refractivity contribution in [3.05, 3.63) is 39.8 Å². The molecule has 6 nitrogen and oxygen atoms in total. The average Bonchev–Trinajstić information content (AvgIpc) is 2.93. The van der Waals surface area contributed by atoms with Gasteiger partial charge in [0.05, 0.1) is 13.2 Å². The molecule has 1 aromatic rings. The van der Waals surface area contributed by atoms with Crippen LogP contribution in [0.5, 0.6) is 5.75 Å². The molecule has 3 aliphatic rings. The number of methoxy groups -OCH3 is 1. The summed E-state index contributed by atoms with van der Waals surface area (Å²) in [5.41, 5.74) is 11.8. The number of fused-ring (bicyclic) bond motifs is 5. The van der Waals surface area contributed by atoms with E-state index >= 15 is 0 Å². The molecule has 0 radical (unpaired) electrons. The van der Waals surface area contributed by atoms with Gasteiger partial charge < -0.3 is 9.47 Å². The Kier molecular flexibility index (Phi) is 4.55. The maximum Gasteiger partial charge on any atom is 0.302 e. The van der Waals surface area contributed by atoms with Gasteiger partial charge in [-0.3, -0.25) is 4.79 Å². The second-order valence-corrected chi connectivity index (χ2v) is 8.56. The Morgan fingerprint density at radius 2 is 2.19 bits per heavy atom. The molecule has 4 rings (SSSR count). The number of hydrogen-bond acceptors (Lipinski definition) is 4. The van der Waals surface area contributed by atoms with Gasteiger partial charge in [-0.2, -0.15) is 0 Å². The third-order valence-corrected chi connectivity index (χ3v) is 7.36. The summed E-state index contributed by atoms with van der Waals surface area (Å²) in [5, 5.41) is 4.02. The predicted octanol–water partition coefficient (Wildman–Crippen LogP) is 4.77. The molecular weight excluding hydrogens is 342 g/mol. The molecule has 144 valence electrons. The largest absolute Gasteiger partial charge is 0.497 e. The maximum atomic E-state index is 11.7. The van der Waals surface area contributed by atoms with Gasteiger partial charge in [-0.05, 0) is 78.6 Å². The Balaban J connectivity index is 1.67. The fourth-order valence-corrected chi connectivity index (χ4v) is 6.22. The Morgan fingerprint density at radius 1 is 1.37 bits per heavy atom. The summed E-state index contributed by atoms with van der Waals surface area (Å²) in [6.45, 7) is 3.68. The van der Waals surface area contributed by atoms with Crippen LogP contribution in [0, 0.1) is 17.3 Å². The van der Waals surface area contributed by atoms with E-state index in [4.69, 9.17) is 15.0 Å². The third kappa shape index (κ3) is 2.87. The molecule has 27 heavy (non-hydrogen) atoms. The monoisotopic (exact) mass is 369 g/mol. The van der Waals surface area contributed by atoms with Gasteiger partial charge in [0, 0.05) is 17.3 Å². The predicted molar refractivity (Wildman–Crippen MR) is 101 cm³/mol. The highest BCUT2D eigenvalue weighted by molar-refractivity contribution is 5.66. The second-order valence-electron chi connectivity index (χ2n) is 8.56. The van der Waals surface area contributed by atoms with E-state index in [2.05, 4.69) is 35.1 Å². The van der Waals surface area contributed by atoms with Crippen LogP contribution < -0.4 is 4.74 Å². The van der Waals surface area contributed by atoms with Crippen LogP contribution in [0.2, 0.25) is 0 Å². The quantitative estimate of drug-likeness (QED) is 0.333. The molecule has 0 aromatic heterocycles. The van der Waals surface area contributed by atoms with Gasteiger partial charge in [0.2, 0.25) is 0 Å². The van der Waals surface area contributed by atoms with Gasteiger partial charge in [-0.1, -0.05) is 18.1 Å². The molecule has 6 heteroatoms. The topological polar surface area (TPSA) is 84.3 Å². The first-order valence-electron chi connectivity index (χ1n) is 9.86. The lowest BCUT2D eigenvalue weighted by molar-refractivity contribution is -0.155. The summed E-state index contributed by atoms with van der Waals surface area (Å²) in [5.74, 6) is 2.11. The smallest absolute Gasteiger partial charge is 0.302 e. The molecular formula is C21H27N3O3. The zero-order valence-corrected chi connectivity index (χ0v) is 16.2. The number of benzene rings is 1. The number of rotatable bonds is 3. The van der Waals surface area contributed by atoms with Crippen molar-refractivity contribution in [3.8, 4) is 5.75 Å². The van der Waals surface area contributed by atoms with Crippen molar-refractivity contribution in [1.29, 1.82) is 0 Å². The first kappa shape index (κ1) is 18.2. The van der Waals surface area contributed by atoms with Crippen LogP contribution in [0.3, 0.4) is 0 Å². The number of carbonyl (C=O) groups is 1. The van der Waals surface area contributed by atoms with Crippen molar-refractivity contribution < 1.29 is 14.3 Å². The number of carbonyl (C=O) groups excluding carboxylic acids is 1. The van der Waals surface area contributed by atoms with E-state index in [0.29, 0.717) is 17.8 Å². The number of azide groups is 1. The van der Waals surface area contributed by atoms with E-state index in [1.54, 1.807) is 7.11 Å². The van der Waals surface area contributed by atoms with E-state index < -0.39 is 0 Å². The summed E-state index contributed by atoms with van der Waals surface area (Å²) >= 11 is 0. The van der Waals surface area contributed by atoms with E-state index in [0.717, 1.165) is 37.9 Å². The van der Waals surface area contributed by atoms with Crippen LogP contribution in [0.15, 0.2) is 23.3 Å². The van der Waals surface area contributed by atoms with Crippen molar-refractivity contribution in [3.63, 3.8) is 0 Å². The zero-order chi connectivity index (χ0) is 19.2. The first-order valence-corrected chi connectivity index (χ1v) is 9.86. The fraction of sp³-hybridized carbons (Fsp3) is 0.667. The fourth-order valence-electron chi connectivity index (χ4n) is 6.22. The van der Waals surface area contributed by atoms with Crippen LogP contribution in [-0.4, -0.2) is 25.2 Å². The number of ether oxygens (including phenoxy) is 2. The SMILES string of the molecule is COc1ccc2c(c1)CC[C@@H]1[C@@H]2CC[C@]2(C)[C@H](OC(C)=O)[C@@H](N=[N+]=[N-])C[C@@H]12. The Morgan fingerprint density at radius 3 is 2.89 bits per heavy atom. The molecule has 0 saturated heterocycles. The van der Waals surface area contributed by atoms with Crippen molar-refractivity contribution >= 4 is 5.97 Å². The molecule has 6 atom stereocenters. The molecule has 0 N–H and O–H groups in total. The van der Waals surface area contributed by atoms with E-state index in [-0.39, 0.29) is 23.5 Å². The summed E-state index contributed by atoms with van der Waals surface area (Å²) in [6.07, 6.45) is 4.74. The normalized spacial score (nSPS) is 36.6. The average molecular weight is 369 g/mol. The molecule has 0 aliphatic heterocycles. The standard InChI is InChI=1S/C21H27N3O3/c1-12(25)27-20-19(23-24-22)11-18-17-6-4-13-10-14(26-3)5-7-15(13)16(17)8-9-21(18,20)2/h5,7,10,16-20H,4,6,8-9,11H2,1-3H3/t16-,17-,18+,19+,20-,21+/m1/s1. The van der Waals surface area contributed by atoms with Gasteiger partial charge in [0.15, 0.2) is 0 Å². The van der Waals surface area contributed by atoms with Gasteiger partial charge in [-0.15, -0.1) is 0 Å². The molecule has 0 heterocycles. The minimum atomic E-state index is -0.311. The molecule has 0 unspecified atom stereocenters. The summed E-state index contributed by atoms with van der Waals surface area (Å²) in [4.78, 5) is 14.7. The first-order chi connectivity index (χ1) is 13.0. The van der Waals surface area contributed by atoms with Crippen molar-refractivity contribution in [2.75, 3.05) is 7.11 Å². The van der Waals surface area contributed by atoms with E-state index in [9.17, 15) is 4.79 Å². The summed E-state index contributed by atoms with van der Waals surface area (Å²) in [6, 6.07) is 6.22. The lowest BCUT2D eigenvalue weighted by Crippen LogP contribution is -2.46. The maximum absolute atomic E-state index is 11.7. The highest BCUT2D eigenvalue weighted by Crippen LogP contribution is 2.62. The summed E-state index contributed by atoms with van der Waals surface area (Å²) < 4.78 is 11.1. The molecule has 0 spiro atoms. The van der Waals surface area contributed by atoms with Crippen LogP contribution in [0.25, 0.3) is 10.4 Å². The minimum Gasteiger partial charge on any atom is -0.497 e. The molecule has 0 bridgehead atoms. The number of nitrogens with zero attached hydrogens (tertiary/aromatic N) is 3. The van der Waals surface area contributed by atoms with Crippen molar-refractivity contribution in [2.45, 2.75) is 64.0 Å². The van der Waals surface area contributed by atoms with Gasteiger partial charge in [0.1, 0.15) is 11.9 Å². The van der Waals surface area contributed by atoms with Crippen molar-refractivity contribution in [1.82, 2.24) is 0 Å². The Labute approximate surface area is 159 Å². The number of aryl methyl sites for hydroxylation is 1. The van der Waals surface area contributed by atoms with Crippen molar-refractivity contribution in [2.24, 2.45) is 22.4 Å². The molecule has 2 fully saturated rings. The Bertz CT molecular complexity index is 804. The summed E-state index contributed by atoms with van der Waals surface area (Å²) in [7, 11) is 1.71. The van der Waals surface area contributed by atoms with E-state index in [1.165, 1.54) is 18.1 Å². The highest BCUT2D eigenvalue weighted by atomic mass is 16.5. The minimum absolute atomic E-state index is 0.115. The number of hydrogen-bond donors (Lipinski definition) is 0. The number of esters is 1. The van der Waals surface area contributed by atoms with Gasteiger partial charge in [0.25, 0.3) is 0 Å². The molecule has 1 aromatic carbocycles. The van der Waals surface area contributed by atoms with Gasteiger partial charge >= 0.3 is 5.97 Å². The lowest BCUT2D eigenvalue weighted by atomic mass is 9.55. The second kappa shape index (κ2) is 6.75. The molecule has 0 amide bonds. The zero-order valence-electron chi connectivity index (χ0n) is 16.2. The van der Waals surface area contributed by atoms with Crippen LogP contribution in [-0.2, 0) is 16.0 Å². The molecule has 2 saturated carbocycles. The van der Waals surface area contributed by atoms with E-state index in [1.807, 2.05) is 0 Å². The Hall–Kier alpha value is -2.20. The lowest BCUT2D eigenvalue weighted by Gasteiger charge is -2.50. The molecule has 3 aliphatic carbocycles.